The van der Waals surface area contributed by atoms with Gasteiger partial charge in [-0.1, -0.05) is 6.42 Å². The van der Waals surface area contributed by atoms with E-state index in [-0.39, 0.29) is 0 Å². The van der Waals surface area contributed by atoms with Crippen molar-refractivity contribution >= 4 is 0 Å². The molecule has 72 valence electrons. The van der Waals surface area contributed by atoms with Crippen molar-refractivity contribution in [3.8, 4) is 0 Å². The first-order chi connectivity index (χ1) is 5.93. The summed E-state index contributed by atoms with van der Waals surface area (Å²) in [5, 5.41) is 3.54. The first-order valence-electron chi connectivity index (χ1n) is 5.24. The molecule has 2 nitrogen and oxygen atoms in total. The van der Waals surface area contributed by atoms with E-state index >= 15 is 0 Å². The molecule has 1 unspecified atom stereocenters. The maximum absolute atomic E-state index is 5.30. The van der Waals surface area contributed by atoms with Gasteiger partial charge >= 0.3 is 0 Å². The Bertz CT molecular complexity index is 100. The molecule has 1 aliphatic heterocycles. The monoisotopic (exact) mass is 171 g/mol. The molecule has 0 spiro atoms. The summed E-state index contributed by atoms with van der Waals surface area (Å²) >= 11 is 0. The second kappa shape index (κ2) is 6.44. The van der Waals surface area contributed by atoms with Gasteiger partial charge < -0.3 is 10.1 Å². The largest absolute Gasteiger partial charge is 0.382 e. The molecule has 1 N–H and O–H groups in total. The average Bonchev–Trinajstić information content (AvgIpc) is 2.14. The van der Waals surface area contributed by atoms with Crippen molar-refractivity contribution in [2.24, 2.45) is 0 Å². The summed E-state index contributed by atoms with van der Waals surface area (Å²) in [5.41, 5.74) is 0. The van der Waals surface area contributed by atoms with Gasteiger partial charge in [-0.2, -0.15) is 0 Å². The van der Waals surface area contributed by atoms with Crippen LogP contribution in [0.4, 0.5) is 0 Å². The summed E-state index contributed by atoms with van der Waals surface area (Å²) < 4.78 is 5.30. The van der Waals surface area contributed by atoms with Crippen molar-refractivity contribution in [2.45, 2.75) is 45.1 Å². The molecule has 0 aromatic heterocycles. The van der Waals surface area contributed by atoms with Crippen LogP contribution in [0.5, 0.6) is 0 Å². The Kier molecular flexibility index (Phi) is 5.37. The Balaban J connectivity index is 1.91. The summed E-state index contributed by atoms with van der Waals surface area (Å²) in [6.07, 6.45) is 6.64. The lowest BCUT2D eigenvalue weighted by Crippen LogP contribution is -2.33. The van der Waals surface area contributed by atoms with Crippen LogP contribution in [0.25, 0.3) is 0 Å². The first-order valence-corrected chi connectivity index (χ1v) is 5.24. The van der Waals surface area contributed by atoms with Crippen LogP contribution in [0.2, 0.25) is 0 Å². The highest BCUT2D eigenvalue weighted by molar-refractivity contribution is 4.71. The van der Waals surface area contributed by atoms with Gasteiger partial charge in [-0.05, 0) is 39.2 Å². The summed E-state index contributed by atoms with van der Waals surface area (Å²) in [7, 11) is 0. The molecule has 1 rings (SSSR count). The second-order valence-corrected chi connectivity index (χ2v) is 3.49. The molecule has 0 saturated carbocycles. The first kappa shape index (κ1) is 10.0. The summed E-state index contributed by atoms with van der Waals surface area (Å²) in [6.45, 7) is 5.07. The summed E-state index contributed by atoms with van der Waals surface area (Å²) in [4.78, 5) is 0. The quantitative estimate of drug-likeness (QED) is 0.638. The third-order valence-electron chi connectivity index (χ3n) is 2.46. The van der Waals surface area contributed by atoms with Crippen molar-refractivity contribution in [1.29, 1.82) is 0 Å². The van der Waals surface area contributed by atoms with Crippen molar-refractivity contribution < 1.29 is 4.74 Å². The van der Waals surface area contributed by atoms with Crippen molar-refractivity contribution in [3.05, 3.63) is 0 Å². The van der Waals surface area contributed by atoms with E-state index in [2.05, 4.69) is 12.2 Å². The van der Waals surface area contributed by atoms with E-state index < -0.39 is 0 Å². The van der Waals surface area contributed by atoms with Crippen LogP contribution in [0.1, 0.15) is 39.0 Å². The zero-order chi connectivity index (χ0) is 8.65. The lowest BCUT2D eigenvalue weighted by molar-refractivity contribution is 0.139. The number of ether oxygens (including phenoxy) is 1. The minimum Gasteiger partial charge on any atom is -0.382 e. The molecule has 0 radical (unpaired) electrons. The van der Waals surface area contributed by atoms with Crippen LogP contribution >= 0.6 is 0 Å². The van der Waals surface area contributed by atoms with E-state index in [4.69, 9.17) is 4.74 Å². The van der Waals surface area contributed by atoms with Crippen molar-refractivity contribution in [1.82, 2.24) is 5.32 Å². The number of piperidine rings is 1. The zero-order valence-corrected chi connectivity index (χ0v) is 8.14. The number of rotatable bonds is 5. The Morgan fingerprint density at radius 1 is 1.42 bits per heavy atom. The maximum Gasteiger partial charge on any atom is 0.0466 e. The second-order valence-electron chi connectivity index (χ2n) is 3.49. The summed E-state index contributed by atoms with van der Waals surface area (Å²) in [5.74, 6) is 0. The van der Waals surface area contributed by atoms with Gasteiger partial charge in [-0.3, -0.25) is 0 Å². The van der Waals surface area contributed by atoms with Gasteiger partial charge in [0.25, 0.3) is 0 Å². The van der Waals surface area contributed by atoms with Gasteiger partial charge in [-0.25, -0.2) is 0 Å². The topological polar surface area (TPSA) is 21.3 Å². The van der Waals surface area contributed by atoms with Gasteiger partial charge in [0, 0.05) is 19.3 Å². The highest BCUT2D eigenvalue weighted by atomic mass is 16.5. The lowest BCUT2D eigenvalue weighted by Gasteiger charge is -2.23. The predicted octanol–water partition coefficient (Wildman–Crippen LogP) is 1.95. The van der Waals surface area contributed by atoms with Gasteiger partial charge in [0.2, 0.25) is 0 Å². The van der Waals surface area contributed by atoms with E-state index in [0.29, 0.717) is 0 Å². The molecule has 0 amide bonds. The lowest BCUT2D eigenvalue weighted by atomic mass is 10.0. The van der Waals surface area contributed by atoms with Crippen LogP contribution in [0, 0.1) is 0 Å². The molecule has 0 aromatic rings. The van der Waals surface area contributed by atoms with Crippen molar-refractivity contribution in [2.75, 3.05) is 19.8 Å². The Labute approximate surface area is 75.7 Å². The molecule has 1 aliphatic rings. The molecule has 2 heteroatoms. The number of hydrogen-bond acceptors (Lipinski definition) is 2. The summed E-state index contributed by atoms with van der Waals surface area (Å²) in [6, 6.07) is 0.777. The van der Waals surface area contributed by atoms with Crippen LogP contribution in [-0.4, -0.2) is 25.8 Å². The molecule has 1 fully saturated rings. The van der Waals surface area contributed by atoms with Gasteiger partial charge in [0.15, 0.2) is 0 Å². The molecule has 1 heterocycles. The molecule has 0 aliphatic carbocycles. The third kappa shape index (κ3) is 4.07. The zero-order valence-electron chi connectivity index (χ0n) is 8.14. The minimum atomic E-state index is 0.777. The average molecular weight is 171 g/mol. The normalized spacial score (nSPS) is 24.2. The van der Waals surface area contributed by atoms with E-state index in [1.54, 1.807) is 0 Å². The fraction of sp³-hybridized carbons (Fsp3) is 1.00. The van der Waals surface area contributed by atoms with E-state index in [0.717, 1.165) is 19.3 Å². The standard InChI is InChI=1S/C10H21NO/c1-2-12-9-5-7-10-6-3-4-8-11-10/h10-11H,2-9H2,1H3. The molecule has 0 aromatic carbocycles. The maximum atomic E-state index is 5.30. The Morgan fingerprint density at radius 2 is 2.33 bits per heavy atom. The molecular weight excluding hydrogens is 150 g/mol. The van der Waals surface area contributed by atoms with Gasteiger partial charge in [0.05, 0.1) is 0 Å². The van der Waals surface area contributed by atoms with Crippen LogP contribution < -0.4 is 5.32 Å². The van der Waals surface area contributed by atoms with E-state index in [1.165, 1.54) is 38.6 Å². The van der Waals surface area contributed by atoms with Crippen LogP contribution in [0.15, 0.2) is 0 Å². The number of hydrogen-bond donors (Lipinski definition) is 1. The van der Waals surface area contributed by atoms with Crippen LogP contribution in [0.3, 0.4) is 0 Å². The Morgan fingerprint density at radius 3 is 3.00 bits per heavy atom. The molecule has 0 bridgehead atoms. The predicted molar refractivity (Wildman–Crippen MR) is 51.4 cm³/mol. The molecular formula is C10H21NO. The highest BCUT2D eigenvalue weighted by Gasteiger charge is 2.10. The fourth-order valence-corrected chi connectivity index (χ4v) is 1.75. The van der Waals surface area contributed by atoms with Crippen molar-refractivity contribution in [3.63, 3.8) is 0 Å². The van der Waals surface area contributed by atoms with Crippen LogP contribution in [-0.2, 0) is 4.74 Å². The van der Waals surface area contributed by atoms with E-state index in [9.17, 15) is 0 Å². The minimum absolute atomic E-state index is 0.777. The van der Waals surface area contributed by atoms with Gasteiger partial charge in [0.1, 0.15) is 0 Å². The SMILES string of the molecule is CCOCCCC1CCCCN1. The molecule has 1 atom stereocenters. The molecule has 12 heavy (non-hydrogen) atoms. The van der Waals surface area contributed by atoms with Gasteiger partial charge in [-0.15, -0.1) is 0 Å². The van der Waals surface area contributed by atoms with E-state index in [1.807, 2.05) is 0 Å². The third-order valence-corrected chi connectivity index (χ3v) is 2.46. The smallest absolute Gasteiger partial charge is 0.0466 e. The highest BCUT2D eigenvalue weighted by Crippen LogP contribution is 2.11. The number of nitrogens with one attached hydrogen (secondary N) is 1. The molecule has 1 saturated heterocycles. The fourth-order valence-electron chi connectivity index (χ4n) is 1.75. The Hall–Kier alpha value is -0.0800.